The number of hydrogen-bond acceptors (Lipinski definition) is 5. The third-order valence-corrected chi connectivity index (χ3v) is 3.16. The number of carboxylic acid groups (broad SMARTS) is 1. The van der Waals surface area contributed by atoms with E-state index >= 15 is 0 Å². The van der Waals surface area contributed by atoms with Crippen LogP contribution >= 0.6 is 11.8 Å². The highest BCUT2D eigenvalue weighted by Gasteiger charge is 2.21. The number of primary amides is 1. The van der Waals surface area contributed by atoms with Crippen LogP contribution < -0.4 is 16.4 Å². The monoisotopic (exact) mass is 312 g/mol. The van der Waals surface area contributed by atoms with Crippen LogP contribution in [0.15, 0.2) is 18.3 Å². The van der Waals surface area contributed by atoms with Crippen LogP contribution in [0, 0.1) is 0 Å². The number of aromatic nitrogens is 1. The van der Waals surface area contributed by atoms with Gasteiger partial charge in [-0.2, -0.15) is 11.8 Å². The Bertz CT molecular complexity index is 538. The van der Waals surface area contributed by atoms with Gasteiger partial charge in [-0.1, -0.05) is 0 Å². The highest BCUT2D eigenvalue weighted by Crippen LogP contribution is 2.13. The molecule has 0 radical (unpaired) electrons. The molecule has 114 valence electrons. The van der Waals surface area contributed by atoms with E-state index in [-0.39, 0.29) is 11.4 Å². The number of rotatable bonds is 7. The maximum atomic E-state index is 12.1. The highest BCUT2D eigenvalue weighted by atomic mass is 32.2. The van der Waals surface area contributed by atoms with Crippen molar-refractivity contribution >= 4 is 35.4 Å². The van der Waals surface area contributed by atoms with Crippen LogP contribution in [0.5, 0.6) is 0 Å². The summed E-state index contributed by atoms with van der Waals surface area (Å²) in [6, 6.07) is 1.27. The van der Waals surface area contributed by atoms with E-state index in [9.17, 15) is 14.4 Å². The number of hydrogen-bond donors (Lipinski definition) is 4. The molecule has 0 aliphatic heterocycles. The van der Waals surface area contributed by atoms with Crippen LogP contribution in [0.25, 0.3) is 0 Å². The van der Waals surface area contributed by atoms with Gasteiger partial charge in [0.15, 0.2) is 5.69 Å². The number of urea groups is 1. The first-order chi connectivity index (χ1) is 9.95. The molecule has 1 unspecified atom stereocenters. The molecule has 0 bridgehead atoms. The smallest absolute Gasteiger partial charge is 0.356 e. The normalized spacial score (nSPS) is 11.5. The zero-order valence-electron chi connectivity index (χ0n) is 11.3. The zero-order valence-corrected chi connectivity index (χ0v) is 12.1. The van der Waals surface area contributed by atoms with E-state index in [0.717, 1.165) is 0 Å². The van der Waals surface area contributed by atoms with Gasteiger partial charge in [0.05, 0.1) is 5.69 Å². The molecule has 0 aliphatic rings. The summed E-state index contributed by atoms with van der Waals surface area (Å²) in [4.78, 5) is 37.7. The van der Waals surface area contributed by atoms with Crippen molar-refractivity contribution in [2.45, 2.75) is 12.5 Å². The third kappa shape index (κ3) is 5.30. The van der Waals surface area contributed by atoms with E-state index in [4.69, 9.17) is 10.8 Å². The lowest BCUT2D eigenvalue weighted by atomic mass is 10.2. The Morgan fingerprint density at radius 1 is 1.48 bits per heavy atom. The lowest BCUT2D eigenvalue weighted by Crippen LogP contribution is -2.46. The summed E-state index contributed by atoms with van der Waals surface area (Å²) in [7, 11) is 0. The van der Waals surface area contributed by atoms with E-state index in [1.54, 1.807) is 0 Å². The number of pyridine rings is 1. The number of nitrogens with zero attached hydrogens (tertiary/aromatic N) is 1. The number of carbonyl (C=O) groups is 3. The van der Waals surface area contributed by atoms with Crippen molar-refractivity contribution < 1.29 is 19.5 Å². The molecule has 5 N–H and O–H groups in total. The van der Waals surface area contributed by atoms with Gasteiger partial charge in [-0.05, 0) is 30.6 Å². The lowest BCUT2D eigenvalue weighted by Gasteiger charge is -2.17. The minimum absolute atomic E-state index is 0.0652. The van der Waals surface area contributed by atoms with E-state index in [0.29, 0.717) is 12.2 Å². The van der Waals surface area contributed by atoms with E-state index in [1.165, 1.54) is 30.1 Å². The summed E-state index contributed by atoms with van der Waals surface area (Å²) in [6.07, 6.45) is 3.55. The Hall–Kier alpha value is -2.29. The molecule has 21 heavy (non-hydrogen) atoms. The van der Waals surface area contributed by atoms with E-state index in [1.807, 2.05) is 6.26 Å². The van der Waals surface area contributed by atoms with Gasteiger partial charge < -0.3 is 21.5 Å². The number of carboxylic acids is 1. The average molecular weight is 312 g/mol. The fourth-order valence-corrected chi connectivity index (χ4v) is 2.04. The summed E-state index contributed by atoms with van der Waals surface area (Å²) in [5.41, 5.74) is 4.83. The molecule has 3 amide bonds. The molecule has 0 saturated heterocycles. The molecule has 0 fully saturated rings. The number of thioether (sulfide) groups is 1. The van der Waals surface area contributed by atoms with Crippen molar-refractivity contribution in [3.05, 3.63) is 24.0 Å². The first-order valence-corrected chi connectivity index (χ1v) is 7.39. The van der Waals surface area contributed by atoms with Crippen molar-refractivity contribution in [2.24, 2.45) is 5.73 Å². The summed E-state index contributed by atoms with van der Waals surface area (Å²) in [5, 5.41) is 13.8. The summed E-state index contributed by atoms with van der Waals surface area (Å²) >= 11 is 1.51. The quantitative estimate of drug-likeness (QED) is 0.579. The first-order valence-electron chi connectivity index (χ1n) is 5.99. The van der Waals surface area contributed by atoms with Crippen molar-refractivity contribution in [1.82, 2.24) is 10.3 Å². The van der Waals surface area contributed by atoms with Gasteiger partial charge in [-0.25, -0.2) is 14.6 Å². The predicted molar refractivity (Wildman–Crippen MR) is 79.3 cm³/mol. The van der Waals surface area contributed by atoms with E-state index in [2.05, 4.69) is 15.6 Å². The molecule has 0 aromatic carbocycles. The largest absolute Gasteiger partial charge is 0.476 e. The van der Waals surface area contributed by atoms with Crippen LogP contribution in [-0.4, -0.2) is 46.0 Å². The Morgan fingerprint density at radius 2 is 2.19 bits per heavy atom. The molecule has 0 saturated carbocycles. The van der Waals surface area contributed by atoms with Crippen molar-refractivity contribution in [3.8, 4) is 0 Å². The highest BCUT2D eigenvalue weighted by molar-refractivity contribution is 7.98. The van der Waals surface area contributed by atoms with E-state index < -0.39 is 23.9 Å². The second-order valence-electron chi connectivity index (χ2n) is 4.04. The van der Waals surface area contributed by atoms with Crippen molar-refractivity contribution in [2.75, 3.05) is 17.3 Å². The molecule has 8 nitrogen and oxygen atoms in total. The molecule has 1 atom stereocenters. The number of anilines is 1. The number of nitrogens with one attached hydrogen (secondary N) is 2. The van der Waals surface area contributed by atoms with Crippen molar-refractivity contribution in [1.29, 1.82) is 0 Å². The summed E-state index contributed by atoms with van der Waals surface area (Å²) in [5.74, 6) is -1.16. The van der Waals surface area contributed by atoms with Crippen LogP contribution in [0.2, 0.25) is 0 Å². The van der Waals surface area contributed by atoms with Crippen LogP contribution in [0.3, 0.4) is 0 Å². The van der Waals surface area contributed by atoms with Gasteiger partial charge in [-0.3, -0.25) is 4.79 Å². The predicted octanol–water partition coefficient (Wildman–Crippen LogP) is 0.508. The first kappa shape index (κ1) is 16.8. The zero-order chi connectivity index (χ0) is 15.8. The Balaban J connectivity index is 2.85. The van der Waals surface area contributed by atoms with Crippen LogP contribution in [0.1, 0.15) is 16.9 Å². The fourth-order valence-electron chi connectivity index (χ4n) is 1.57. The number of nitrogens with two attached hydrogens (primary N) is 1. The molecule has 1 heterocycles. The lowest BCUT2D eigenvalue weighted by molar-refractivity contribution is -0.117. The number of amides is 3. The Morgan fingerprint density at radius 3 is 2.76 bits per heavy atom. The van der Waals surface area contributed by atoms with Gasteiger partial charge in [0.1, 0.15) is 6.04 Å². The second kappa shape index (κ2) is 8.10. The van der Waals surface area contributed by atoms with Crippen LogP contribution in [0.4, 0.5) is 10.5 Å². The average Bonchev–Trinajstić information content (AvgIpc) is 2.43. The standard InChI is InChI=1S/C12H16N4O4S/c1-21-6-4-8(16-12(13)20)10(17)15-7-3-2-5-14-9(7)11(18)19/h2-3,5,8H,4,6H2,1H3,(H,15,17)(H,18,19)(H3,13,16,20). The number of aromatic carboxylic acids is 1. The van der Waals surface area contributed by atoms with Crippen molar-refractivity contribution in [3.63, 3.8) is 0 Å². The number of carbonyl (C=O) groups excluding carboxylic acids is 2. The molecule has 9 heteroatoms. The molecule has 0 aliphatic carbocycles. The maximum Gasteiger partial charge on any atom is 0.356 e. The molecule has 1 rings (SSSR count). The SMILES string of the molecule is CSCCC(NC(N)=O)C(=O)Nc1cccnc1C(=O)O. The molecule has 1 aromatic rings. The van der Waals surface area contributed by atoms with Gasteiger partial charge >= 0.3 is 12.0 Å². The molecular weight excluding hydrogens is 296 g/mol. The Labute approximate surface area is 125 Å². The summed E-state index contributed by atoms with van der Waals surface area (Å²) < 4.78 is 0. The Kier molecular flexibility index (Phi) is 6.47. The maximum absolute atomic E-state index is 12.1. The molecule has 0 spiro atoms. The van der Waals surface area contributed by atoms with Gasteiger partial charge in [0.2, 0.25) is 5.91 Å². The van der Waals surface area contributed by atoms with Gasteiger partial charge in [0, 0.05) is 6.20 Å². The van der Waals surface area contributed by atoms with Gasteiger partial charge in [-0.15, -0.1) is 0 Å². The summed E-state index contributed by atoms with van der Waals surface area (Å²) in [6.45, 7) is 0. The third-order valence-electron chi connectivity index (χ3n) is 2.51. The topological polar surface area (TPSA) is 134 Å². The molecule has 1 aromatic heterocycles. The fraction of sp³-hybridized carbons (Fsp3) is 0.333. The van der Waals surface area contributed by atoms with Crippen LogP contribution in [-0.2, 0) is 4.79 Å². The minimum atomic E-state index is -1.26. The second-order valence-corrected chi connectivity index (χ2v) is 5.02. The van der Waals surface area contributed by atoms with Gasteiger partial charge in [0.25, 0.3) is 0 Å². The minimum Gasteiger partial charge on any atom is -0.476 e. The molecular formula is C12H16N4O4S.